The number of unbranched alkanes of at least 4 members (excludes halogenated alkanes) is 1. The number of halogens is 1. The fourth-order valence-electron chi connectivity index (χ4n) is 1.38. The highest BCUT2D eigenvalue weighted by molar-refractivity contribution is 14.0. The van der Waals surface area contributed by atoms with E-state index >= 15 is 0 Å². The van der Waals surface area contributed by atoms with Crippen molar-refractivity contribution in [2.75, 3.05) is 13.6 Å². The van der Waals surface area contributed by atoms with Crippen LogP contribution in [0.2, 0.25) is 0 Å². The van der Waals surface area contributed by atoms with Crippen molar-refractivity contribution in [3.05, 3.63) is 23.7 Å². The lowest BCUT2D eigenvalue weighted by Gasteiger charge is -2.10. The predicted octanol–water partition coefficient (Wildman–Crippen LogP) is 1.46. The second-order valence-corrected chi connectivity index (χ2v) is 3.84. The molecule has 0 saturated heterocycles. The monoisotopic (exact) mass is 380 g/mol. The molecule has 0 bridgehead atoms. The third-order valence-electron chi connectivity index (χ3n) is 2.38. The quantitative estimate of drug-likeness (QED) is 0.302. The molecule has 0 radical (unpaired) electrons. The largest absolute Gasteiger partial charge is 0.454 e. The van der Waals surface area contributed by atoms with Crippen molar-refractivity contribution in [3.63, 3.8) is 0 Å². The smallest absolute Gasteiger partial charge is 0.284 e. The van der Waals surface area contributed by atoms with Gasteiger partial charge in [0.05, 0.1) is 6.54 Å². The number of nitrogens with one attached hydrogen (secondary N) is 2. The van der Waals surface area contributed by atoms with Crippen molar-refractivity contribution in [1.82, 2.24) is 10.6 Å². The molecule has 0 fully saturated rings. The van der Waals surface area contributed by atoms with Gasteiger partial charge in [-0.05, 0) is 18.6 Å². The summed E-state index contributed by atoms with van der Waals surface area (Å²) < 4.78 is 5.25. The molecule has 1 heterocycles. The zero-order valence-corrected chi connectivity index (χ0v) is 13.6. The van der Waals surface area contributed by atoms with E-state index in [1.807, 2.05) is 0 Å². The van der Waals surface area contributed by atoms with Gasteiger partial charge in [0.2, 0.25) is 0 Å². The SMILES string of the molecule is CCCCNC(=NC)NCc1ccc(C(N)=O)o1.I. The summed E-state index contributed by atoms with van der Waals surface area (Å²) in [6, 6.07) is 3.28. The number of primary amides is 1. The number of amides is 1. The Labute approximate surface area is 130 Å². The maximum atomic E-state index is 10.9. The lowest BCUT2D eigenvalue weighted by Crippen LogP contribution is -2.37. The molecule has 1 aromatic heterocycles. The fourth-order valence-corrected chi connectivity index (χ4v) is 1.38. The molecule has 1 amide bonds. The van der Waals surface area contributed by atoms with Crippen LogP contribution in [0.3, 0.4) is 0 Å². The molecule has 0 saturated carbocycles. The number of aliphatic imine (C=N–C) groups is 1. The first-order chi connectivity index (χ1) is 8.67. The van der Waals surface area contributed by atoms with E-state index < -0.39 is 5.91 Å². The molecule has 0 aliphatic heterocycles. The van der Waals surface area contributed by atoms with Gasteiger partial charge in [0.15, 0.2) is 11.7 Å². The summed E-state index contributed by atoms with van der Waals surface area (Å²) >= 11 is 0. The Kier molecular flexibility index (Phi) is 9.02. The number of hydrogen-bond acceptors (Lipinski definition) is 3. The molecular formula is C12H21IN4O2. The molecule has 0 unspecified atom stereocenters. The standard InChI is InChI=1S/C12H20N4O2.HI/c1-3-4-7-15-12(14-2)16-8-9-5-6-10(18-9)11(13)17;/h5-6H,3-4,7-8H2,1-2H3,(H2,13,17)(H2,14,15,16);1H. The van der Waals surface area contributed by atoms with Crippen LogP contribution < -0.4 is 16.4 Å². The Hall–Kier alpha value is -1.25. The number of carbonyl (C=O) groups is 1. The van der Waals surface area contributed by atoms with E-state index in [4.69, 9.17) is 10.2 Å². The number of guanidine groups is 1. The van der Waals surface area contributed by atoms with Gasteiger partial charge in [0, 0.05) is 13.6 Å². The van der Waals surface area contributed by atoms with Crippen LogP contribution in [-0.2, 0) is 6.54 Å². The van der Waals surface area contributed by atoms with E-state index in [0.717, 1.165) is 19.4 Å². The van der Waals surface area contributed by atoms with Gasteiger partial charge >= 0.3 is 0 Å². The third-order valence-corrected chi connectivity index (χ3v) is 2.38. The second kappa shape index (κ2) is 9.65. The molecule has 108 valence electrons. The molecule has 19 heavy (non-hydrogen) atoms. The fraction of sp³-hybridized carbons (Fsp3) is 0.500. The predicted molar refractivity (Wildman–Crippen MR) is 85.8 cm³/mol. The highest BCUT2D eigenvalue weighted by atomic mass is 127. The van der Waals surface area contributed by atoms with Gasteiger partial charge in [0.1, 0.15) is 5.76 Å². The minimum atomic E-state index is -0.563. The van der Waals surface area contributed by atoms with Crippen molar-refractivity contribution in [2.24, 2.45) is 10.7 Å². The summed E-state index contributed by atoms with van der Waals surface area (Å²) in [5, 5.41) is 6.27. The number of carbonyl (C=O) groups excluding carboxylic acids is 1. The number of furan rings is 1. The summed E-state index contributed by atoms with van der Waals surface area (Å²) in [5.74, 6) is 0.954. The Morgan fingerprint density at radius 2 is 2.16 bits per heavy atom. The summed E-state index contributed by atoms with van der Waals surface area (Å²) in [6.45, 7) is 3.46. The van der Waals surface area contributed by atoms with E-state index in [0.29, 0.717) is 18.3 Å². The maximum Gasteiger partial charge on any atom is 0.284 e. The molecule has 0 aliphatic carbocycles. The van der Waals surface area contributed by atoms with E-state index in [1.54, 1.807) is 19.2 Å². The summed E-state index contributed by atoms with van der Waals surface area (Å²) in [6.07, 6.45) is 2.22. The van der Waals surface area contributed by atoms with Crippen LogP contribution in [0, 0.1) is 0 Å². The Morgan fingerprint density at radius 3 is 2.68 bits per heavy atom. The van der Waals surface area contributed by atoms with Crippen LogP contribution in [0.1, 0.15) is 36.1 Å². The molecule has 0 aliphatic rings. The first-order valence-electron chi connectivity index (χ1n) is 6.00. The maximum absolute atomic E-state index is 10.9. The first-order valence-corrected chi connectivity index (χ1v) is 6.00. The van der Waals surface area contributed by atoms with E-state index in [2.05, 4.69) is 22.5 Å². The minimum absolute atomic E-state index is 0. The van der Waals surface area contributed by atoms with Crippen molar-refractivity contribution in [1.29, 1.82) is 0 Å². The van der Waals surface area contributed by atoms with Crippen molar-refractivity contribution in [3.8, 4) is 0 Å². The molecule has 4 N–H and O–H groups in total. The van der Waals surface area contributed by atoms with Gasteiger partial charge in [0.25, 0.3) is 5.91 Å². The van der Waals surface area contributed by atoms with Crippen molar-refractivity contribution < 1.29 is 9.21 Å². The van der Waals surface area contributed by atoms with Gasteiger partial charge < -0.3 is 20.8 Å². The van der Waals surface area contributed by atoms with Crippen LogP contribution in [-0.4, -0.2) is 25.5 Å². The van der Waals surface area contributed by atoms with E-state index in [9.17, 15) is 4.79 Å². The lowest BCUT2D eigenvalue weighted by molar-refractivity contribution is 0.0972. The van der Waals surface area contributed by atoms with Crippen LogP contribution in [0.25, 0.3) is 0 Å². The number of nitrogens with zero attached hydrogens (tertiary/aromatic N) is 1. The molecule has 1 rings (SSSR count). The minimum Gasteiger partial charge on any atom is -0.454 e. The molecule has 0 atom stereocenters. The van der Waals surface area contributed by atoms with Gasteiger partial charge in [-0.15, -0.1) is 24.0 Å². The lowest BCUT2D eigenvalue weighted by atomic mass is 10.3. The number of rotatable bonds is 6. The van der Waals surface area contributed by atoms with Gasteiger partial charge in [-0.1, -0.05) is 13.3 Å². The van der Waals surface area contributed by atoms with Crippen LogP contribution in [0.4, 0.5) is 0 Å². The van der Waals surface area contributed by atoms with Crippen LogP contribution >= 0.6 is 24.0 Å². The summed E-state index contributed by atoms with van der Waals surface area (Å²) in [5.41, 5.74) is 5.10. The van der Waals surface area contributed by atoms with Crippen LogP contribution in [0.5, 0.6) is 0 Å². The topological polar surface area (TPSA) is 92.6 Å². The van der Waals surface area contributed by atoms with Crippen molar-refractivity contribution >= 4 is 35.8 Å². The average molecular weight is 380 g/mol. The number of nitrogens with two attached hydrogens (primary N) is 1. The van der Waals surface area contributed by atoms with Gasteiger partial charge in [-0.2, -0.15) is 0 Å². The zero-order valence-electron chi connectivity index (χ0n) is 11.2. The second-order valence-electron chi connectivity index (χ2n) is 3.84. The summed E-state index contributed by atoms with van der Waals surface area (Å²) in [4.78, 5) is 14.9. The number of hydrogen-bond donors (Lipinski definition) is 3. The molecule has 1 aromatic rings. The molecule has 0 spiro atoms. The molecule has 7 heteroatoms. The first kappa shape index (κ1) is 17.8. The van der Waals surface area contributed by atoms with E-state index in [-0.39, 0.29) is 29.7 Å². The highest BCUT2D eigenvalue weighted by Gasteiger charge is 2.07. The average Bonchev–Trinajstić information content (AvgIpc) is 2.82. The normalized spacial score (nSPS) is 10.7. The Bertz CT molecular complexity index is 418. The molecule has 6 nitrogen and oxygen atoms in total. The molecule has 0 aromatic carbocycles. The highest BCUT2D eigenvalue weighted by Crippen LogP contribution is 2.06. The summed E-state index contributed by atoms with van der Waals surface area (Å²) in [7, 11) is 1.71. The van der Waals surface area contributed by atoms with Crippen molar-refractivity contribution in [2.45, 2.75) is 26.3 Å². The zero-order chi connectivity index (χ0) is 13.4. The third kappa shape index (κ3) is 6.46. The Morgan fingerprint density at radius 1 is 1.42 bits per heavy atom. The van der Waals surface area contributed by atoms with E-state index in [1.165, 1.54) is 0 Å². The van der Waals surface area contributed by atoms with Crippen LogP contribution in [0.15, 0.2) is 21.5 Å². The van der Waals surface area contributed by atoms with Gasteiger partial charge in [-0.25, -0.2) is 0 Å². The Balaban J connectivity index is 0.00000324. The van der Waals surface area contributed by atoms with Gasteiger partial charge in [-0.3, -0.25) is 9.79 Å². The molecular weight excluding hydrogens is 359 g/mol.